The van der Waals surface area contributed by atoms with Gasteiger partial charge in [0.2, 0.25) is 0 Å². The minimum absolute atomic E-state index is 0.0509. The molecular formula is C10H19N5O. The lowest BCUT2D eigenvalue weighted by Crippen LogP contribution is -2.35. The van der Waals surface area contributed by atoms with E-state index in [1.807, 2.05) is 0 Å². The van der Waals surface area contributed by atoms with Gasteiger partial charge in [-0.25, -0.2) is 4.79 Å². The third-order valence-electron chi connectivity index (χ3n) is 2.83. The van der Waals surface area contributed by atoms with E-state index in [1.165, 1.54) is 19.3 Å². The first kappa shape index (κ1) is 12.6. The van der Waals surface area contributed by atoms with Gasteiger partial charge >= 0.3 is 6.03 Å². The molecule has 1 rings (SSSR count). The van der Waals surface area contributed by atoms with Gasteiger partial charge in [0.25, 0.3) is 0 Å². The zero-order valence-corrected chi connectivity index (χ0v) is 9.65. The Kier molecular flexibility index (Phi) is 5.50. The van der Waals surface area contributed by atoms with E-state index in [2.05, 4.69) is 27.6 Å². The highest BCUT2D eigenvalue weighted by molar-refractivity contribution is 5.77. The molecule has 2 amide bonds. The Morgan fingerprint density at radius 1 is 1.31 bits per heavy atom. The molecule has 2 N–H and O–H groups in total. The van der Waals surface area contributed by atoms with Crippen LogP contribution in [0.2, 0.25) is 0 Å². The molecule has 0 radical (unpaired) electrons. The lowest BCUT2D eigenvalue weighted by Gasteiger charge is -2.15. The summed E-state index contributed by atoms with van der Waals surface area (Å²) < 4.78 is 0. The Morgan fingerprint density at radius 3 is 2.75 bits per heavy atom. The summed E-state index contributed by atoms with van der Waals surface area (Å²) in [6.07, 6.45) is 5.68. The quantitative estimate of drug-likeness (QED) is 0.296. The van der Waals surface area contributed by atoms with E-state index in [0.29, 0.717) is 6.54 Å². The van der Waals surface area contributed by atoms with Crippen LogP contribution in [0.15, 0.2) is 5.11 Å². The van der Waals surface area contributed by atoms with Gasteiger partial charge in [0.05, 0.1) is 12.1 Å². The lowest BCUT2D eigenvalue weighted by atomic mass is 10.0. The Hall–Kier alpha value is -1.42. The minimum atomic E-state index is -0.154. The van der Waals surface area contributed by atoms with Crippen LogP contribution in [0, 0.1) is 0 Å². The van der Waals surface area contributed by atoms with Crippen LogP contribution < -0.4 is 10.6 Å². The fourth-order valence-electron chi connectivity index (χ4n) is 1.94. The zero-order valence-electron chi connectivity index (χ0n) is 9.65. The number of nitrogens with one attached hydrogen (secondary N) is 2. The van der Waals surface area contributed by atoms with Gasteiger partial charge in [-0.1, -0.05) is 37.7 Å². The van der Waals surface area contributed by atoms with Crippen molar-refractivity contribution in [1.29, 1.82) is 0 Å². The fraction of sp³-hybridized carbons (Fsp3) is 0.900. The van der Waals surface area contributed by atoms with Gasteiger partial charge in [-0.15, -0.1) is 0 Å². The Morgan fingerprint density at radius 2 is 2.06 bits per heavy atom. The summed E-state index contributed by atoms with van der Waals surface area (Å²) in [5.74, 6) is 0. The largest absolute Gasteiger partial charge is 0.333 e. The smallest absolute Gasteiger partial charge is 0.315 e. The summed E-state index contributed by atoms with van der Waals surface area (Å²) in [4.78, 5) is 13.9. The molecule has 1 fully saturated rings. The first-order chi connectivity index (χ1) is 7.77. The molecule has 0 aromatic rings. The zero-order chi connectivity index (χ0) is 11.8. The number of hydrogen-bond acceptors (Lipinski definition) is 2. The molecule has 0 spiro atoms. The molecule has 16 heavy (non-hydrogen) atoms. The van der Waals surface area contributed by atoms with E-state index in [-0.39, 0.29) is 18.1 Å². The molecule has 0 saturated carbocycles. The standard InChI is InChI=1S/C10H19N5O/c1-2-3-4-5-6-8-9(7-12-15-11)14-10(16)13-8/h8-9H,2-7H2,1H3,(H2,13,14,16)/t8-,9+/m1/s1. The predicted molar refractivity (Wildman–Crippen MR) is 62.0 cm³/mol. The molecule has 1 saturated heterocycles. The molecule has 0 aromatic carbocycles. The van der Waals surface area contributed by atoms with Gasteiger partial charge in [0, 0.05) is 11.5 Å². The first-order valence-corrected chi connectivity index (χ1v) is 5.85. The maximum absolute atomic E-state index is 11.2. The second-order valence-corrected chi connectivity index (χ2v) is 4.09. The molecule has 0 aromatic heterocycles. The molecular weight excluding hydrogens is 206 g/mol. The Balaban J connectivity index is 2.31. The van der Waals surface area contributed by atoms with Gasteiger partial charge in [-0.2, -0.15) is 0 Å². The lowest BCUT2D eigenvalue weighted by molar-refractivity contribution is 0.247. The predicted octanol–water partition coefficient (Wildman–Crippen LogP) is 2.32. The van der Waals surface area contributed by atoms with E-state index >= 15 is 0 Å². The highest BCUT2D eigenvalue weighted by atomic mass is 16.2. The Labute approximate surface area is 95.4 Å². The number of carbonyl (C=O) groups is 1. The van der Waals surface area contributed by atoms with Crippen molar-refractivity contribution in [2.75, 3.05) is 6.54 Å². The highest BCUT2D eigenvalue weighted by Crippen LogP contribution is 2.12. The Bertz CT molecular complexity index is 274. The summed E-state index contributed by atoms with van der Waals surface area (Å²) in [7, 11) is 0. The third kappa shape index (κ3) is 3.98. The average Bonchev–Trinajstić information content (AvgIpc) is 2.62. The van der Waals surface area contributed by atoms with Crippen molar-refractivity contribution in [2.24, 2.45) is 5.11 Å². The summed E-state index contributed by atoms with van der Waals surface area (Å²) in [5, 5.41) is 9.13. The van der Waals surface area contributed by atoms with Crippen molar-refractivity contribution in [3.05, 3.63) is 10.4 Å². The summed E-state index contributed by atoms with van der Waals surface area (Å²) in [6.45, 7) is 2.50. The van der Waals surface area contributed by atoms with Crippen LogP contribution in [0.1, 0.15) is 39.0 Å². The summed E-state index contributed by atoms with van der Waals surface area (Å²) in [6, 6.07) is -0.0986. The highest BCUT2D eigenvalue weighted by Gasteiger charge is 2.29. The maximum Gasteiger partial charge on any atom is 0.315 e. The van der Waals surface area contributed by atoms with Crippen molar-refractivity contribution in [3.8, 4) is 0 Å². The number of unbranched alkanes of at least 4 members (excludes halogenated alkanes) is 3. The van der Waals surface area contributed by atoms with Gasteiger partial charge in [-0.3, -0.25) is 0 Å². The van der Waals surface area contributed by atoms with Gasteiger partial charge < -0.3 is 10.6 Å². The first-order valence-electron chi connectivity index (χ1n) is 5.85. The molecule has 0 aliphatic carbocycles. The fourth-order valence-corrected chi connectivity index (χ4v) is 1.94. The summed E-state index contributed by atoms with van der Waals surface area (Å²) >= 11 is 0. The van der Waals surface area contributed by atoms with Crippen LogP contribution in [0.4, 0.5) is 4.79 Å². The molecule has 2 atom stereocenters. The third-order valence-corrected chi connectivity index (χ3v) is 2.83. The van der Waals surface area contributed by atoms with E-state index in [0.717, 1.165) is 12.8 Å². The SMILES string of the molecule is CCCCCC[C@H]1NC(=O)N[C@H]1CN=[N+]=[N-]. The van der Waals surface area contributed by atoms with Crippen LogP contribution in [0.3, 0.4) is 0 Å². The maximum atomic E-state index is 11.2. The molecule has 6 heteroatoms. The summed E-state index contributed by atoms with van der Waals surface area (Å²) in [5.41, 5.74) is 8.25. The van der Waals surface area contributed by atoms with E-state index in [1.54, 1.807) is 0 Å². The monoisotopic (exact) mass is 225 g/mol. The van der Waals surface area contributed by atoms with E-state index < -0.39 is 0 Å². The normalized spacial score (nSPS) is 23.4. The molecule has 0 bridgehead atoms. The second kappa shape index (κ2) is 6.95. The number of amides is 2. The van der Waals surface area contributed by atoms with Crippen molar-refractivity contribution in [1.82, 2.24) is 10.6 Å². The van der Waals surface area contributed by atoms with Crippen molar-refractivity contribution >= 4 is 6.03 Å². The molecule has 1 aliphatic rings. The van der Waals surface area contributed by atoms with Gasteiger partial charge in [0.15, 0.2) is 0 Å². The van der Waals surface area contributed by atoms with Crippen molar-refractivity contribution < 1.29 is 4.79 Å². The molecule has 6 nitrogen and oxygen atoms in total. The van der Waals surface area contributed by atoms with Crippen LogP contribution in [0.25, 0.3) is 10.4 Å². The van der Waals surface area contributed by atoms with Crippen LogP contribution in [0.5, 0.6) is 0 Å². The number of nitrogens with zero attached hydrogens (tertiary/aromatic N) is 3. The molecule has 90 valence electrons. The van der Waals surface area contributed by atoms with E-state index in [9.17, 15) is 4.79 Å². The van der Waals surface area contributed by atoms with Crippen LogP contribution in [-0.4, -0.2) is 24.7 Å². The molecule has 1 aliphatic heterocycles. The van der Waals surface area contributed by atoms with E-state index in [4.69, 9.17) is 5.53 Å². The van der Waals surface area contributed by atoms with Crippen LogP contribution >= 0.6 is 0 Å². The number of hydrogen-bond donors (Lipinski definition) is 2. The number of rotatable bonds is 7. The van der Waals surface area contributed by atoms with Gasteiger partial charge in [0.1, 0.15) is 0 Å². The molecule has 0 unspecified atom stereocenters. The van der Waals surface area contributed by atoms with Crippen molar-refractivity contribution in [2.45, 2.75) is 51.1 Å². The number of carbonyl (C=O) groups excluding carboxylic acids is 1. The van der Waals surface area contributed by atoms with Crippen molar-refractivity contribution in [3.63, 3.8) is 0 Å². The van der Waals surface area contributed by atoms with Crippen LogP contribution in [-0.2, 0) is 0 Å². The molecule has 1 heterocycles. The minimum Gasteiger partial charge on any atom is -0.333 e. The number of azide groups is 1. The topological polar surface area (TPSA) is 89.9 Å². The average molecular weight is 225 g/mol. The second-order valence-electron chi connectivity index (χ2n) is 4.09. The van der Waals surface area contributed by atoms with Gasteiger partial charge in [-0.05, 0) is 12.0 Å². The number of urea groups is 1.